The molecule has 1 aromatic carbocycles. The molecule has 4 heteroatoms. The van der Waals surface area contributed by atoms with Crippen molar-refractivity contribution in [3.05, 3.63) is 29.8 Å². The fourth-order valence-corrected chi connectivity index (χ4v) is 2.37. The van der Waals surface area contributed by atoms with Crippen LogP contribution in [0.15, 0.2) is 24.3 Å². The predicted molar refractivity (Wildman–Crippen MR) is 68.5 cm³/mol. The number of aromatic hydroxyl groups is 1. The molecule has 98 valence electrons. The summed E-state index contributed by atoms with van der Waals surface area (Å²) in [5, 5.41) is 22.4. The number of phenols is 1. The molecule has 1 saturated carbocycles. The number of hydrogen-bond acceptors (Lipinski definition) is 3. The second kappa shape index (κ2) is 5.87. The SMILES string of the molecule is O=C(NC1CCCCCC1O)c1ccccc1O. The fourth-order valence-electron chi connectivity index (χ4n) is 2.37. The maximum Gasteiger partial charge on any atom is 0.255 e. The van der Waals surface area contributed by atoms with Gasteiger partial charge in [-0.25, -0.2) is 0 Å². The average Bonchev–Trinajstić information content (AvgIpc) is 2.55. The number of benzene rings is 1. The Labute approximate surface area is 107 Å². The van der Waals surface area contributed by atoms with E-state index in [0.29, 0.717) is 0 Å². The van der Waals surface area contributed by atoms with Gasteiger partial charge in [-0.05, 0) is 25.0 Å². The summed E-state index contributed by atoms with van der Waals surface area (Å²) in [5.74, 6) is -0.350. The zero-order valence-corrected chi connectivity index (χ0v) is 10.3. The lowest BCUT2D eigenvalue weighted by Gasteiger charge is -2.21. The molecular weight excluding hydrogens is 230 g/mol. The highest BCUT2D eigenvalue weighted by atomic mass is 16.3. The highest BCUT2D eigenvalue weighted by Gasteiger charge is 2.24. The maximum absolute atomic E-state index is 12.0. The van der Waals surface area contributed by atoms with Crippen molar-refractivity contribution in [1.29, 1.82) is 0 Å². The van der Waals surface area contributed by atoms with E-state index in [0.717, 1.165) is 32.1 Å². The van der Waals surface area contributed by atoms with Crippen molar-refractivity contribution in [2.24, 2.45) is 0 Å². The van der Waals surface area contributed by atoms with Crippen LogP contribution in [0.1, 0.15) is 42.5 Å². The minimum absolute atomic E-state index is 0.0295. The van der Waals surface area contributed by atoms with E-state index < -0.39 is 6.10 Å². The molecule has 1 aliphatic rings. The summed E-state index contributed by atoms with van der Waals surface area (Å²) in [6.45, 7) is 0. The fraction of sp³-hybridized carbons (Fsp3) is 0.500. The first-order chi connectivity index (χ1) is 8.68. The second-order valence-corrected chi connectivity index (χ2v) is 4.80. The maximum atomic E-state index is 12.0. The van der Waals surface area contributed by atoms with Crippen LogP contribution in [-0.4, -0.2) is 28.3 Å². The molecule has 0 saturated heterocycles. The Morgan fingerprint density at radius 1 is 1.17 bits per heavy atom. The smallest absolute Gasteiger partial charge is 0.255 e. The van der Waals surface area contributed by atoms with Crippen molar-refractivity contribution in [2.75, 3.05) is 0 Å². The molecule has 2 rings (SSSR count). The minimum Gasteiger partial charge on any atom is -0.507 e. The van der Waals surface area contributed by atoms with E-state index in [1.165, 1.54) is 6.07 Å². The number of amides is 1. The Bertz CT molecular complexity index is 419. The van der Waals surface area contributed by atoms with Crippen LogP contribution >= 0.6 is 0 Å². The van der Waals surface area contributed by atoms with Crippen molar-refractivity contribution in [1.82, 2.24) is 5.32 Å². The molecular formula is C14H19NO3. The van der Waals surface area contributed by atoms with Gasteiger partial charge in [0, 0.05) is 0 Å². The van der Waals surface area contributed by atoms with E-state index in [4.69, 9.17) is 0 Å². The number of aliphatic hydroxyl groups excluding tert-OH is 1. The van der Waals surface area contributed by atoms with Gasteiger partial charge in [0.05, 0.1) is 17.7 Å². The van der Waals surface area contributed by atoms with E-state index in [9.17, 15) is 15.0 Å². The summed E-state index contributed by atoms with van der Waals surface area (Å²) in [6, 6.07) is 6.23. The van der Waals surface area contributed by atoms with Gasteiger partial charge in [-0.15, -0.1) is 0 Å². The van der Waals surface area contributed by atoms with Gasteiger partial charge >= 0.3 is 0 Å². The molecule has 0 bridgehead atoms. The molecule has 0 aromatic heterocycles. The number of carbonyl (C=O) groups is 1. The zero-order valence-electron chi connectivity index (χ0n) is 10.3. The largest absolute Gasteiger partial charge is 0.507 e. The molecule has 18 heavy (non-hydrogen) atoms. The number of para-hydroxylation sites is 1. The minimum atomic E-state index is -0.484. The van der Waals surface area contributed by atoms with Crippen LogP contribution in [0.2, 0.25) is 0 Å². The molecule has 4 nitrogen and oxygen atoms in total. The summed E-state index contributed by atoms with van der Waals surface area (Å²) < 4.78 is 0. The van der Waals surface area contributed by atoms with Crippen LogP contribution in [0, 0.1) is 0 Å². The van der Waals surface area contributed by atoms with Crippen molar-refractivity contribution in [2.45, 2.75) is 44.2 Å². The van der Waals surface area contributed by atoms with Crippen molar-refractivity contribution in [3.63, 3.8) is 0 Å². The normalized spacial score (nSPS) is 24.3. The number of carbonyl (C=O) groups excluding carboxylic acids is 1. The predicted octanol–water partition coefficient (Wildman–Crippen LogP) is 1.82. The first kappa shape index (κ1) is 12.9. The highest BCUT2D eigenvalue weighted by Crippen LogP contribution is 2.20. The Morgan fingerprint density at radius 3 is 2.67 bits per heavy atom. The molecule has 0 spiro atoms. The lowest BCUT2D eigenvalue weighted by molar-refractivity contribution is 0.0816. The standard InChI is InChI=1S/C14H19NO3/c16-12-8-5-4-6-10(12)14(18)15-11-7-2-1-3-9-13(11)17/h4-6,8,11,13,16-17H,1-3,7,9H2,(H,15,18). The van der Waals surface area contributed by atoms with Gasteiger partial charge in [0.25, 0.3) is 5.91 Å². The molecule has 2 unspecified atom stereocenters. The van der Waals surface area contributed by atoms with Gasteiger partial charge in [-0.1, -0.05) is 31.4 Å². The Balaban J connectivity index is 2.04. The van der Waals surface area contributed by atoms with Crippen LogP contribution in [-0.2, 0) is 0 Å². The molecule has 2 atom stereocenters. The molecule has 0 radical (unpaired) electrons. The average molecular weight is 249 g/mol. The number of phenolic OH excluding ortho intramolecular Hbond substituents is 1. The van der Waals surface area contributed by atoms with Crippen LogP contribution < -0.4 is 5.32 Å². The third-order valence-electron chi connectivity index (χ3n) is 3.44. The molecule has 0 aliphatic heterocycles. The van der Waals surface area contributed by atoms with E-state index in [1.54, 1.807) is 18.2 Å². The second-order valence-electron chi connectivity index (χ2n) is 4.80. The quantitative estimate of drug-likeness (QED) is 0.700. The monoisotopic (exact) mass is 249 g/mol. The van der Waals surface area contributed by atoms with Gasteiger partial charge in [-0.2, -0.15) is 0 Å². The third-order valence-corrected chi connectivity index (χ3v) is 3.44. The number of aliphatic hydroxyl groups is 1. The molecule has 1 aliphatic carbocycles. The summed E-state index contributed by atoms with van der Waals surface area (Å²) in [7, 11) is 0. The van der Waals surface area contributed by atoms with Crippen molar-refractivity contribution >= 4 is 5.91 Å². The lowest BCUT2D eigenvalue weighted by Crippen LogP contribution is -2.42. The van der Waals surface area contributed by atoms with E-state index in [2.05, 4.69) is 5.32 Å². The number of hydrogen-bond donors (Lipinski definition) is 3. The number of nitrogens with one attached hydrogen (secondary N) is 1. The van der Waals surface area contributed by atoms with Crippen molar-refractivity contribution < 1.29 is 15.0 Å². The summed E-state index contributed by atoms with van der Waals surface area (Å²) in [6.07, 6.45) is 4.15. The van der Waals surface area contributed by atoms with E-state index in [-0.39, 0.29) is 23.3 Å². The topological polar surface area (TPSA) is 69.6 Å². The van der Waals surface area contributed by atoms with Gasteiger partial charge in [-0.3, -0.25) is 4.79 Å². The van der Waals surface area contributed by atoms with E-state index in [1.807, 2.05) is 0 Å². The van der Waals surface area contributed by atoms with Crippen LogP contribution in [0.4, 0.5) is 0 Å². The number of rotatable bonds is 2. The van der Waals surface area contributed by atoms with Crippen LogP contribution in [0.3, 0.4) is 0 Å². The van der Waals surface area contributed by atoms with Crippen LogP contribution in [0.25, 0.3) is 0 Å². The van der Waals surface area contributed by atoms with Gasteiger partial charge in [0.1, 0.15) is 5.75 Å². The molecule has 3 N–H and O–H groups in total. The van der Waals surface area contributed by atoms with Crippen LogP contribution in [0.5, 0.6) is 5.75 Å². The third kappa shape index (κ3) is 3.01. The Kier molecular flexibility index (Phi) is 4.20. The summed E-state index contributed by atoms with van der Waals surface area (Å²) >= 11 is 0. The van der Waals surface area contributed by atoms with Crippen molar-refractivity contribution in [3.8, 4) is 5.75 Å². The highest BCUT2D eigenvalue weighted by molar-refractivity contribution is 5.96. The van der Waals surface area contributed by atoms with Gasteiger partial charge in [0.15, 0.2) is 0 Å². The van der Waals surface area contributed by atoms with Gasteiger partial charge in [0.2, 0.25) is 0 Å². The summed E-state index contributed by atoms with van der Waals surface area (Å²) in [4.78, 5) is 12.0. The van der Waals surface area contributed by atoms with Gasteiger partial charge < -0.3 is 15.5 Å². The molecule has 1 fully saturated rings. The first-order valence-corrected chi connectivity index (χ1v) is 6.45. The summed E-state index contributed by atoms with van der Waals surface area (Å²) in [5.41, 5.74) is 0.258. The lowest BCUT2D eigenvalue weighted by atomic mass is 10.1. The zero-order chi connectivity index (χ0) is 13.0. The first-order valence-electron chi connectivity index (χ1n) is 6.45. The molecule has 1 aromatic rings. The molecule has 0 heterocycles. The Hall–Kier alpha value is -1.55. The Morgan fingerprint density at radius 2 is 1.89 bits per heavy atom. The molecule has 1 amide bonds. The van der Waals surface area contributed by atoms with E-state index >= 15 is 0 Å².